The molecule has 2 aromatic rings. The molecule has 1 aliphatic rings. The van der Waals surface area contributed by atoms with E-state index in [9.17, 15) is 0 Å². The Balaban J connectivity index is 0.00000300. The molecule has 0 amide bonds. The fourth-order valence-corrected chi connectivity index (χ4v) is 3.41. The van der Waals surface area contributed by atoms with Crippen molar-refractivity contribution in [2.24, 2.45) is 4.99 Å². The summed E-state index contributed by atoms with van der Waals surface area (Å²) in [6.07, 6.45) is 2.40. The molecule has 0 saturated heterocycles. The van der Waals surface area contributed by atoms with E-state index in [1.807, 2.05) is 12.1 Å². The first-order valence-electron chi connectivity index (χ1n) is 9.44. The summed E-state index contributed by atoms with van der Waals surface area (Å²) in [6.45, 7) is 1.46. The number of aliphatic imine (C=N–C) groups is 1. The highest BCUT2D eigenvalue weighted by atomic mass is 127. The van der Waals surface area contributed by atoms with Crippen LogP contribution in [0.25, 0.3) is 0 Å². The van der Waals surface area contributed by atoms with E-state index in [0.717, 1.165) is 18.1 Å². The first-order valence-corrected chi connectivity index (χ1v) is 9.44. The molecule has 3 rings (SSSR count). The normalized spacial score (nSPS) is 14.4. The second-order valence-electron chi connectivity index (χ2n) is 6.96. The van der Waals surface area contributed by atoms with Gasteiger partial charge in [0.15, 0.2) is 17.5 Å². The first kappa shape index (κ1) is 23.1. The van der Waals surface area contributed by atoms with E-state index in [2.05, 4.69) is 46.0 Å². The van der Waals surface area contributed by atoms with Crippen molar-refractivity contribution >= 4 is 29.9 Å². The van der Waals surface area contributed by atoms with Crippen LogP contribution in [0.3, 0.4) is 0 Å². The number of nitrogens with one attached hydrogen (secondary N) is 2. The Morgan fingerprint density at radius 1 is 0.966 bits per heavy atom. The first-order chi connectivity index (χ1) is 13.7. The van der Waals surface area contributed by atoms with Gasteiger partial charge in [-0.2, -0.15) is 0 Å². The molecule has 2 aromatic carbocycles. The lowest BCUT2D eigenvalue weighted by Gasteiger charge is -2.19. The van der Waals surface area contributed by atoms with Crippen molar-refractivity contribution in [3.63, 3.8) is 0 Å². The molecule has 7 heteroatoms. The largest absolute Gasteiger partial charge is 0.493 e. The SMILES string of the molecule is CN=C(NCc1cc(OC)c(OC)c(OC)c1)NCC1(c2ccccc2)CC1.I. The Morgan fingerprint density at radius 3 is 2.07 bits per heavy atom. The van der Waals surface area contributed by atoms with Crippen molar-refractivity contribution in [1.29, 1.82) is 0 Å². The zero-order chi connectivity index (χ0) is 20.0. The average molecular weight is 511 g/mol. The van der Waals surface area contributed by atoms with Crippen LogP contribution in [0.1, 0.15) is 24.0 Å². The molecule has 1 aliphatic carbocycles. The highest BCUT2D eigenvalue weighted by Gasteiger charge is 2.43. The van der Waals surface area contributed by atoms with Crippen LogP contribution in [0, 0.1) is 0 Å². The van der Waals surface area contributed by atoms with Crippen LogP contribution in [0.15, 0.2) is 47.5 Å². The van der Waals surface area contributed by atoms with Gasteiger partial charge >= 0.3 is 0 Å². The summed E-state index contributed by atoms with van der Waals surface area (Å²) in [6, 6.07) is 14.6. The van der Waals surface area contributed by atoms with Gasteiger partial charge in [0.1, 0.15) is 0 Å². The molecule has 0 spiro atoms. The lowest BCUT2D eigenvalue weighted by atomic mass is 9.96. The molecule has 0 heterocycles. The smallest absolute Gasteiger partial charge is 0.203 e. The third-order valence-electron chi connectivity index (χ3n) is 5.24. The van der Waals surface area contributed by atoms with Gasteiger partial charge in [-0.1, -0.05) is 30.3 Å². The zero-order valence-electron chi connectivity index (χ0n) is 17.5. The van der Waals surface area contributed by atoms with Gasteiger partial charge in [-0.15, -0.1) is 24.0 Å². The summed E-state index contributed by atoms with van der Waals surface area (Å²) in [5.41, 5.74) is 2.63. The number of hydrogen-bond acceptors (Lipinski definition) is 4. The number of benzene rings is 2. The van der Waals surface area contributed by atoms with Crippen molar-refractivity contribution in [2.45, 2.75) is 24.8 Å². The second-order valence-corrected chi connectivity index (χ2v) is 6.96. The van der Waals surface area contributed by atoms with Gasteiger partial charge < -0.3 is 24.8 Å². The van der Waals surface area contributed by atoms with Crippen molar-refractivity contribution in [3.8, 4) is 17.2 Å². The summed E-state index contributed by atoms with van der Waals surface area (Å²) in [4.78, 5) is 4.35. The Bertz CT molecular complexity index is 798. The summed E-state index contributed by atoms with van der Waals surface area (Å²) < 4.78 is 16.2. The van der Waals surface area contributed by atoms with Gasteiger partial charge in [-0.3, -0.25) is 4.99 Å². The second kappa shape index (κ2) is 10.6. The van der Waals surface area contributed by atoms with Crippen LogP contribution in [0.4, 0.5) is 0 Å². The van der Waals surface area contributed by atoms with E-state index in [1.165, 1.54) is 18.4 Å². The summed E-state index contributed by atoms with van der Waals surface area (Å²) in [5.74, 6) is 2.65. The number of ether oxygens (including phenoxy) is 3. The third-order valence-corrected chi connectivity index (χ3v) is 5.24. The fraction of sp³-hybridized carbons (Fsp3) is 0.409. The molecule has 158 valence electrons. The molecule has 1 fully saturated rings. The molecule has 0 unspecified atom stereocenters. The monoisotopic (exact) mass is 511 g/mol. The molecule has 0 radical (unpaired) electrons. The lowest BCUT2D eigenvalue weighted by molar-refractivity contribution is 0.323. The lowest BCUT2D eigenvalue weighted by Crippen LogP contribution is -2.40. The van der Waals surface area contributed by atoms with Crippen LogP contribution in [0.2, 0.25) is 0 Å². The molecular weight excluding hydrogens is 481 g/mol. The molecule has 6 nitrogen and oxygen atoms in total. The number of rotatable bonds is 8. The molecule has 0 aromatic heterocycles. The standard InChI is InChI=1S/C22H29N3O3.HI/c1-23-21(25-15-22(10-11-22)17-8-6-5-7-9-17)24-14-16-12-18(26-2)20(28-4)19(13-16)27-3;/h5-9,12-13H,10-11,14-15H2,1-4H3,(H2,23,24,25);1H. The minimum Gasteiger partial charge on any atom is -0.493 e. The van der Waals surface area contributed by atoms with Crippen LogP contribution in [-0.2, 0) is 12.0 Å². The van der Waals surface area contributed by atoms with Gasteiger partial charge in [-0.25, -0.2) is 0 Å². The number of hydrogen-bond donors (Lipinski definition) is 2. The van der Waals surface area contributed by atoms with Gasteiger partial charge in [0.05, 0.1) is 21.3 Å². The number of methoxy groups -OCH3 is 3. The number of guanidine groups is 1. The molecule has 29 heavy (non-hydrogen) atoms. The number of nitrogens with zero attached hydrogens (tertiary/aromatic N) is 1. The Morgan fingerprint density at radius 2 is 1.59 bits per heavy atom. The minimum atomic E-state index is 0. The van der Waals surface area contributed by atoms with Gasteiger partial charge in [-0.05, 0) is 36.1 Å². The highest BCUT2D eigenvalue weighted by molar-refractivity contribution is 14.0. The predicted octanol–water partition coefficient (Wildman–Crippen LogP) is 3.73. The topological polar surface area (TPSA) is 64.1 Å². The Labute approximate surface area is 190 Å². The Hall–Kier alpha value is -2.16. The minimum absolute atomic E-state index is 0. The quantitative estimate of drug-likeness (QED) is 0.322. The molecule has 0 aliphatic heterocycles. The fourth-order valence-electron chi connectivity index (χ4n) is 3.41. The van der Waals surface area contributed by atoms with Crippen LogP contribution >= 0.6 is 24.0 Å². The van der Waals surface area contributed by atoms with Crippen LogP contribution < -0.4 is 24.8 Å². The van der Waals surface area contributed by atoms with Gasteiger partial charge in [0.2, 0.25) is 5.75 Å². The summed E-state index contributed by atoms with van der Waals surface area (Å²) >= 11 is 0. The van der Waals surface area contributed by atoms with Crippen molar-refractivity contribution < 1.29 is 14.2 Å². The van der Waals surface area contributed by atoms with Gasteiger partial charge in [0, 0.05) is 25.6 Å². The summed E-state index contributed by atoms with van der Waals surface area (Å²) in [7, 11) is 6.62. The molecule has 0 bridgehead atoms. The molecular formula is C22H30IN3O3. The van der Waals surface area contributed by atoms with E-state index in [-0.39, 0.29) is 29.4 Å². The highest BCUT2D eigenvalue weighted by Crippen LogP contribution is 2.47. The zero-order valence-corrected chi connectivity index (χ0v) is 19.8. The molecule has 1 saturated carbocycles. The Kier molecular flexibility index (Phi) is 8.43. The summed E-state index contributed by atoms with van der Waals surface area (Å²) in [5, 5.41) is 6.84. The van der Waals surface area contributed by atoms with E-state index in [1.54, 1.807) is 28.4 Å². The van der Waals surface area contributed by atoms with Crippen LogP contribution in [0.5, 0.6) is 17.2 Å². The van der Waals surface area contributed by atoms with Gasteiger partial charge in [0.25, 0.3) is 0 Å². The number of halogens is 1. The van der Waals surface area contributed by atoms with Crippen molar-refractivity contribution in [3.05, 3.63) is 53.6 Å². The van der Waals surface area contributed by atoms with E-state index < -0.39 is 0 Å². The maximum absolute atomic E-state index is 5.42. The molecule has 0 atom stereocenters. The van der Waals surface area contributed by atoms with E-state index in [4.69, 9.17) is 14.2 Å². The predicted molar refractivity (Wildman–Crippen MR) is 127 cm³/mol. The average Bonchev–Trinajstić information content (AvgIpc) is 3.54. The maximum atomic E-state index is 5.42. The van der Waals surface area contributed by atoms with E-state index >= 15 is 0 Å². The van der Waals surface area contributed by atoms with Crippen molar-refractivity contribution in [2.75, 3.05) is 34.9 Å². The maximum Gasteiger partial charge on any atom is 0.203 e. The molecule has 2 N–H and O–H groups in total. The third kappa shape index (κ3) is 5.46. The van der Waals surface area contributed by atoms with E-state index in [0.29, 0.717) is 23.8 Å². The van der Waals surface area contributed by atoms with Crippen LogP contribution in [-0.4, -0.2) is 40.9 Å². The van der Waals surface area contributed by atoms with Crippen molar-refractivity contribution in [1.82, 2.24) is 10.6 Å².